The summed E-state index contributed by atoms with van der Waals surface area (Å²) in [5.41, 5.74) is 6.52. The Morgan fingerprint density at radius 3 is 1.82 bits per heavy atom. The second-order valence-electron chi connectivity index (χ2n) is 14.3. The fourth-order valence-corrected chi connectivity index (χ4v) is 7.46. The van der Waals surface area contributed by atoms with E-state index < -0.39 is 11.5 Å². The van der Waals surface area contributed by atoms with Crippen LogP contribution in [0.25, 0.3) is 22.5 Å². The molecule has 10 nitrogen and oxygen atoms in total. The summed E-state index contributed by atoms with van der Waals surface area (Å²) in [5.74, 6) is -0.113. The van der Waals surface area contributed by atoms with Crippen LogP contribution in [-0.4, -0.2) is 53.8 Å². The molecule has 0 spiro atoms. The second kappa shape index (κ2) is 16.8. The molecule has 7 aromatic rings. The number of rotatable bonds is 14. The van der Waals surface area contributed by atoms with E-state index in [-0.39, 0.29) is 24.0 Å². The molecule has 286 valence electrons. The van der Waals surface area contributed by atoms with Crippen molar-refractivity contribution in [1.82, 2.24) is 29.8 Å². The minimum absolute atomic E-state index is 0.0147. The molecule has 0 atom stereocenters. The molecule has 0 aliphatic carbocycles. The minimum atomic E-state index is -1.14. The minimum Gasteiger partial charge on any atom is -0.476 e. The van der Waals surface area contributed by atoms with Crippen LogP contribution in [0.2, 0.25) is 0 Å². The Bertz CT molecular complexity index is 2410. The maximum atomic E-state index is 13.0. The van der Waals surface area contributed by atoms with Gasteiger partial charge in [0.25, 0.3) is 5.91 Å². The summed E-state index contributed by atoms with van der Waals surface area (Å²) in [4.78, 5) is 31.8. The Morgan fingerprint density at radius 2 is 1.30 bits per heavy atom. The van der Waals surface area contributed by atoms with Crippen molar-refractivity contribution >= 4 is 17.7 Å². The third-order valence-corrected chi connectivity index (χ3v) is 10.2. The van der Waals surface area contributed by atoms with Crippen LogP contribution in [0.15, 0.2) is 151 Å². The van der Waals surface area contributed by atoms with Gasteiger partial charge in [-0.15, -0.1) is 5.10 Å². The van der Waals surface area contributed by atoms with Gasteiger partial charge in [0.15, 0.2) is 17.3 Å². The summed E-state index contributed by atoms with van der Waals surface area (Å²) < 4.78 is 3.66. The highest BCUT2D eigenvalue weighted by Crippen LogP contribution is 2.43. The van der Waals surface area contributed by atoms with Gasteiger partial charge in [-0.25, -0.2) is 14.5 Å². The molecule has 0 saturated carbocycles. The van der Waals surface area contributed by atoms with Crippen LogP contribution in [0.4, 0.5) is 5.82 Å². The Balaban J connectivity index is 1.31. The van der Waals surface area contributed by atoms with Crippen LogP contribution in [0.3, 0.4) is 0 Å². The number of unbranched alkanes of at least 4 members (excludes halogenated alkanes) is 1. The van der Waals surface area contributed by atoms with Crippen LogP contribution >= 0.6 is 0 Å². The Morgan fingerprint density at radius 1 is 0.754 bits per heavy atom. The van der Waals surface area contributed by atoms with Crippen LogP contribution < -0.4 is 4.90 Å². The highest BCUT2D eigenvalue weighted by atomic mass is 16.4. The van der Waals surface area contributed by atoms with Crippen molar-refractivity contribution in [3.05, 3.63) is 185 Å². The molecular formula is C47H45N7O3. The molecule has 0 saturated heterocycles. The first kappa shape index (κ1) is 38.3. The Kier molecular flexibility index (Phi) is 11.3. The molecule has 0 fully saturated rings. The average Bonchev–Trinajstić information content (AvgIpc) is 3.87. The van der Waals surface area contributed by atoms with Gasteiger partial charge in [0.05, 0.1) is 0 Å². The van der Waals surface area contributed by atoms with E-state index in [9.17, 15) is 14.7 Å². The number of aryl methyl sites for hydroxylation is 1. The molecule has 57 heavy (non-hydrogen) atoms. The summed E-state index contributed by atoms with van der Waals surface area (Å²) >= 11 is 0. The number of aromatic nitrogens is 6. The van der Waals surface area contributed by atoms with E-state index in [1.807, 2.05) is 116 Å². The zero-order valence-corrected chi connectivity index (χ0v) is 32.6. The van der Waals surface area contributed by atoms with Crippen LogP contribution in [0.5, 0.6) is 0 Å². The molecule has 1 N–H and O–H groups in total. The molecule has 1 amide bonds. The molecule has 5 aromatic carbocycles. The van der Waals surface area contributed by atoms with Crippen molar-refractivity contribution in [2.75, 3.05) is 11.9 Å². The number of hydrogen-bond donors (Lipinski definition) is 1. The quantitative estimate of drug-likeness (QED) is 0.0869. The number of carboxylic acid groups (broad SMARTS) is 1. The standard InChI is InChI=1S/C47H45N7O3/c1-5-6-26-41-48-45(52(4)42(55)31-33(2)3)43(46(56)57)53(41)32-34-27-29-35(30-28-34)39-24-16-17-25-40(39)44-49-50-51-54(44)47(36-18-10-7-11-19-36,37-20-12-8-13-21-37)38-22-14-9-15-23-38/h7-25,27-31H,5-6,26,32H2,1-4H3,(H,56,57). The van der Waals surface area contributed by atoms with Crippen LogP contribution in [0.1, 0.15) is 72.2 Å². The summed E-state index contributed by atoms with van der Waals surface area (Å²) in [7, 11) is 1.57. The number of aromatic carboxylic acids is 1. The molecule has 7 rings (SSSR count). The predicted molar refractivity (Wildman–Crippen MR) is 223 cm³/mol. The maximum absolute atomic E-state index is 13.0. The van der Waals surface area contributed by atoms with Gasteiger partial charge in [-0.3, -0.25) is 9.69 Å². The van der Waals surface area contributed by atoms with Gasteiger partial charge in [-0.2, -0.15) is 0 Å². The van der Waals surface area contributed by atoms with Crippen molar-refractivity contribution in [3.63, 3.8) is 0 Å². The summed E-state index contributed by atoms with van der Waals surface area (Å²) in [6.07, 6.45) is 3.81. The first-order chi connectivity index (χ1) is 27.7. The van der Waals surface area contributed by atoms with Crippen LogP contribution in [0, 0.1) is 0 Å². The first-order valence-corrected chi connectivity index (χ1v) is 19.1. The van der Waals surface area contributed by atoms with Gasteiger partial charge < -0.3 is 9.67 Å². The monoisotopic (exact) mass is 755 g/mol. The number of tetrazole rings is 1. The van der Waals surface area contributed by atoms with Crippen molar-refractivity contribution in [2.45, 2.75) is 52.1 Å². The number of nitrogens with zero attached hydrogens (tertiary/aromatic N) is 7. The molecule has 0 radical (unpaired) electrons. The van der Waals surface area contributed by atoms with Crippen LogP contribution in [-0.2, 0) is 23.3 Å². The number of carbonyl (C=O) groups excluding carboxylic acids is 1. The highest BCUT2D eigenvalue weighted by molar-refractivity contribution is 6.04. The number of allylic oxidation sites excluding steroid dienone is 1. The normalized spacial score (nSPS) is 11.3. The van der Waals surface area contributed by atoms with Crippen molar-refractivity contribution in [1.29, 1.82) is 0 Å². The van der Waals surface area contributed by atoms with E-state index in [4.69, 9.17) is 15.3 Å². The van der Waals surface area contributed by atoms with Crippen molar-refractivity contribution < 1.29 is 14.7 Å². The number of hydrogen-bond acceptors (Lipinski definition) is 6. The number of carbonyl (C=O) groups is 2. The molecule has 0 aliphatic rings. The maximum Gasteiger partial charge on any atom is 0.356 e. The van der Waals surface area contributed by atoms with E-state index in [2.05, 4.69) is 54.6 Å². The number of benzene rings is 5. The van der Waals surface area contributed by atoms with E-state index in [0.717, 1.165) is 57.4 Å². The Labute approximate surface area is 332 Å². The topological polar surface area (TPSA) is 119 Å². The van der Waals surface area contributed by atoms with E-state index in [0.29, 0.717) is 18.1 Å². The number of amides is 1. The van der Waals surface area contributed by atoms with Crippen molar-refractivity contribution in [2.24, 2.45) is 0 Å². The smallest absolute Gasteiger partial charge is 0.356 e. The van der Waals surface area contributed by atoms with Gasteiger partial charge in [0.2, 0.25) is 0 Å². The molecule has 2 heterocycles. The van der Waals surface area contributed by atoms with Crippen molar-refractivity contribution in [3.8, 4) is 22.5 Å². The molecule has 0 unspecified atom stereocenters. The van der Waals surface area contributed by atoms with E-state index in [1.54, 1.807) is 11.6 Å². The zero-order valence-electron chi connectivity index (χ0n) is 32.6. The fourth-order valence-electron chi connectivity index (χ4n) is 7.46. The number of likely N-dealkylation sites (N-methyl/N-ethyl adjacent to an activating group) is 1. The van der Waals surface area contributed by atoms with Gasteiger partial charge >= 0.3 is 5.97 Å². The van der Waals surface area contributed by atoms with Gasteiger partial charge in [0, 0.05) is 31.7 Å². The van der Waals surface area contributed by atoms with Gasteiger partial charge in [0.1, 0.15) is 11.4 Å². The third kappa shape index (κ3) is 7.54. The van der Waals surface area contributed by atoms with E-state index in [1.165, 1.54) is 11.0 Å². The lowest BCUT2D eigenvalue weighted by molar-refractivity contribution is -0.114. The van der Waals surface area contributed by atoms with Gasteiger partial charge in [-0.05, 0) is 64.1 Å². The largest absolute Gasteiger partial charge is 0.476 e. The lowest BCUT2D eigenvalue weighted by Gasteiger charge is -2.36. The first-order valence-electron chi connectivity index (χ1n) is 19.1. The number of imidazole rings is 1. The molecule has 10 heteroatoms. The summed E-state index contributed by atoms with van der Waals surface area (Å²) in [6, 6.07) is 47.1. The number of carboxylic acids is 1. The molecule has 0 aliphatic heterocycles. The van der Waals surface area contributed by atoms with E-state index >= 15 is 0 Å². The number of anilines is 1. The highest BCUT2D eigenvalue weighted by Gasteiger charge is 2.42. The summed E-state index contributed by atoms with van der Waals surface area (Å²) in [6.45, 7) is 6.00. The second-order valence-corrected chi connectivity index (χ2v) is 14.3. The fraction of sp³-hybridized carbons (Fsp3) is 0.191. The molecule has 0 bridgehead atoms. The summed E-state index contributed by atoms with van der Waals surface area (Å²) in [5, 5.41) is 24.2. The lowest BCUT2D eigenvalue weighted by Crippen LogP contribution is -2.39. The van der Waals surface area contributed by atoms with Gasteiger partial charge in [-0.1, -0.05) is 158 Å². The predicted octanol–water partition coefficient (Wildman–Crippen LogP) is 9.06. The third-order valence-electron chi connectivity index (χ3n) is 10.2. The zero-order chi connectivity index (χ0) is 39.9. The molecule has 2 aromatic heterocycles. The lowest BCUT2D eigenvalue weighted by atomic mass is 9.77. The Hall–Kier alpha value is -6.94. The average molecular weight is 756 g/mol. The SMILES string of the molecule is CCCCc1nc(N(C)C(=O)C=C(C)C)c(C(=O)O)n1Cc1ccc(-c2ccccc2-c2nnnn2C(c2ccccc2)(c2ccccc2)c2ccccc2)cc1. The molecular weight excluding hydrogens is 711 g/mol.